The first-order valence-corrected chi connectivity index (χ1v) is 9.91. The highest BCUT2D eigenvalue weighted by Crippen LogP contribution is 2.65. The number of ether oxygens (including phenoxy) is 2. The smallest absolute Gasteiger partial charge is 0.161 e. The number of hydrogen-bond donors (Lipinski definition) is 0. The van der Waals surface area contributed by atoms with Crippen LogP contribution in [0.2, 0.25) is 0 Å². The van der Waals surface area contributed by atoms with Gasteiger partial charge in [-0.2, -0.15) is 0 Å². The fourth-order valence-corrected chi connectivity index (χ4v) is 7.30. The quantitative estimate of drug-likeness (QED) is 0.737. The predicted molar refractivity (Wildman–Crippen MR) is 100 cm³/mol. The van der Waals surface area contributed by atoms with Gasteiger partial charge in [0.2, 0.25) is 0 Å². The number of fused-ring (bicyclic) bond motifs is 1. The Hall–Kier alpha value is -1.22. The van der Waals surface area contributed by atoms with E-state index in [1.165, 1.54) is 48.9 Å². The van der Waals surface area contributed by atoms with E-state index in [1.807, 2.05) is 0 Å². The van der Waals surface area contributed by atoms with Gasteiger partial charge in [0.1, 0.15) is 0 Å². The van der Waals surface area contributed by atoms with Crippen LogP contribution in [0.5, 0.6) is 11.5 Å². The average molecular weight is 360 g/mol. The van der Waals surface area contributed by atoms with Gasteiger partial charge in [-0.05, 0) is 74.5 Å². The summed E-state index contributed by atoms with van der Waals surface area (Å²) in [4.78, 5) is 5.10. The van der Waals surface area contributed by atoms with Crippen molar-refractivity contribution in [3.63, 3.8) is 0 Å². The summed E-state index contributed by atoms with van der Waals surface area (Å²) < 4.78 is 11.1. The van der Waals surface area contributed by atoms with Crippen molar-refractivity contribution in [2.45, 2.75) is 49.8 Å². The van der Waals surface area contributed by atoms with E-state index in [1.54, 1.807) is 14.2 Å². The highest BCUT2D eigenvalue weighted by molar-refractivity contribution is 6.24. The summed E-state index contributed by atoms with van der Waals surface area (Å²) in [5.74, 6) is 3.20. The molecule has 25 heavy (non-hydrogen) atoms. The largest absolute Gasteiger partial charge is 0.493 e. The third kappa shape index (κ3) is 2.34. The Morgan fingerprint density at radius 1 is 1.04 bits per heavy atom. The SMILES string of the molecule is COc1cc2c(cc1OC)C(C13C[C@H]4C[C@@H](CC(Cl)(C4)C1)C3)=NCC2. The van der Waals surface area contributed by atoms with Crippen LogP contribution in [0.1, 0.15) is 49.7 Å². The minimum Gasteiger partial charge on any atom is -0.493 e. The zero-order chi connectivity index (χ0) is 17.2. The summed E-state index contributed by atoms with van der Waals surface area (Å²) in [7, 11) is 3.42. The molecule has 4 heteroatoms. The summed E-state index contributed by atoms with van der Waals surface area (Å²) in [6.45, 7) is 0.879. The van der Waals surface area contributed by atoms with Gasteiger partial charge in [0.25, 0.3) is 0 Å². The number of aliphatic imine (C=N–C) groups is 1. The predicted octanol–water partition coefficient (Wildman–Crippen LogP) is 4.63. The topological polar surface area (TPSA) is 30.8 Å². The number of rotatable bonds is 3. The summed E-state index contributed by atoms with van der Waals surface area (Å²) in [5, 5.41) is 0. The van der Waals surface area contributed by atoms with E-state index in [0.29, 0.717) is 0 Å². The molecule has 134 valence electrons. The van der Waals surface area contributed by atoms with Crippen LogP contribution in [0.15, 0.2) is 17.1 Å². The molecule has 5 aliphatic rings. The van der Waals surface area contributed by atoms with E-state index in [0.717, 1.165) is 42.7 Å². The van der Waals surface area contributed by atoms with Gasteiger partial charge in [-0.15, -0.1) is 11.6 Å². The number of alkyl halides is 1. The molecule has 4 saturated carbocycles. The van der Waals surface area contributed by atoms with Gasteiger partial charge in [0, 0.05) is 28.1 Å². The van der Waals surface area contributed by atoms with Crippen LogP contribution in [0.4, 0.5) is 0 Å². The van der Waals surface area contributed by atoms with Gasteiger partial charge in [0.05, 0.1) is 14.2 Å². The van der Waals surface area contributed by atoms with Gasteiger partial charge in [-0.25, -0.2) is 0 Å². The van der Waals surface area contributed by atoms with E-state index in [-0.39, 0.29) is 10.3 Å². The third-order valence-corrected chi connectivity index (χ3v) is 7.45. The van der Waals surface area contributed by atoms with Gasteiger partial charge < -0.3 is 9.47 Å². The van der Waals surface area contributed by atoms with E-state index < -0.39 is 0 Å². The Morgan fingerprint density at radius 2 is 1.72 bits per heavy atom. The lowest BCUT2D eigenvalue weighted by Crippen LogP contribution is -2.56. The Labute approximate surface area is 154 Å². The summed E-state index contributed by atoms with van der Waals surface area (Å²) in [5.41, 5.74) is 4.13. The molecule has 4 fully saturated rings. The van der Waals surface area contributed by atoms with Crippen LogP contribution in [0.25, 0.3) is 0 Å². The molecule has 0 saturated heterocycles. The Bertz CT molecular complexity index is 743. The zero-order valence-corrected chi connectivity index (χ0v) is 15.9. The van der Waals surface area contributed by atoms with E-state index in [9.17, 15) is 0 Å². The molecular formula is C21H26ClNO2. The molecule has 3 nitrogen and oxygen atoms in total. The summed E-state index contributed by atoms with van der Waals surface area (Å²) in [6.07, 6.45) is 8.41. The molecule has 2 atom stereocenters. The Morgan fingerprint density at radius 3 is 2.36 bits per heavy atom. The molecule has 1 aromatic carbocycles. The van der Waals surface area contributed by atoms with Crippen molar-refractivity contribution >= 4 is 17.3 Å². The highest BCUT2D eigenvalue weighted by atomic mass is 35.5. The number of methoxy groups -OCH3 is 2. The Balaban J connectivity index is 1.61. The molecular weight excluding hydrogens is 334 g/mol. The second-order valence-corrected chi connectivity index (χ2v) is 9.54. The Kier molecular flexibility index (Phi) is 3.45. The maximum atomic E-state index is 7.07. The van der Waals surface area contributed by atoms with Crippen molar-refractivity contribution in [2.75, 3.05) is 20.8 Å². The van der Waals surface area contributed by atoms with Crippen LogP contribution >= 0.6 is 11.6 Å². The van der Waals surface area contributed by atoms with Crippen LogP contribution in [-0.4, -0.2) is 31.4 Å². The maximum Gasteiger partial charge on any atom is 0.161 e. The molecule has 1 heterocycles. The lowest BCUT2D eigenvalue weighted by Gasteiger charge is -2.60. The molecule has 0 unspecified atom stereocenters. The fraction of sp³-hybridized carbons (Fsp3) is 0.667. The van der Waals surface area contributed by atoms with Crippen molar-refractivity contribution < 1.29 is 9.47 Å². The monoisotopic (exact) mass is 359 g/mol. The molecule has 4 bridgehead atoms. The highest BCUT2D eigenvalue weighted by Gasteiger charge is 2.59. The van der Waals surface area contributed by atoms with E-state index >= 15 is 0 Å². The first-order valence-electron chi connectivity index (χ1n) is 9.53. The summed E-state index contributed by atoms with van der Waals surface area (Å²) in [6, 6.07) is 4.31. The van der Waals surface area contributed by atoms with Gasteiger partial charge in [0.15, 0.2) is 11.5 Å². The van der Waals surface area contributed by atoms with Crippen LogP contribution in [0, 0.1) is 17.3 Å². The van der Waals surface area contributed by atoms with Crippen molar-refractivity contribution in [3.05, 3.63) is 23.3 Å². The standard InChI is InChI=1S/C21H26ClNO2/c1-24-17-6-15-3-4-23-19(16(15)7-18(17)25-2)20-8-13-5-14(9-20)11-21(22,10-13)12-20/h6-7,13-14H,3-5,8-12H2,1-2H3/t13-,14-,20?,21?/m1/s1. The molecule has 0 spiro atoms. The second-order valence-electron chi connectivity index (χ2n) is 8.74. The zero-order valence-electron chi connectivity index (χ0n) is 15.1. The number of hydrogen-bond acceptors (Lipinski definition) is 3. The van der Waals surface area contributed by atoms with E-state index in [2.05, 4.69) is 12.1 Å². The number of nitrogens with zero attached hydrogens (tertiary/aromatic N) is 1. The third-order valence-electron chi connectivity index (χ3n) is 7.01. The van der Waals surface area contributed by atoms with E-state index in [4.69, 9.17) is 26.1 Å². The lowest BCUT2D eigenvalue weighted by molar-refractivity contribution is 0.00190. The van der Waals surface area contributed by atoms with Crippen molar-refractivity contribution in [1.82, 2.24) is 0 Å². The molecule has 6 rings (SSSR count). The maximum absolute atomic E-state index is 7.07. The molecule has 0 radical (unpaired) electrons. The van der Waals surface area contributed by atoms with Gasteiger partial charge in [-0.1, -0.05) is 0 Å². The van der Waals surface area contributed by atoms with Crippen molar-refractivity contribution in [2.24, 2.45) is 22.2 Å². The molecule has 1 aliphatic heterocycles. The second kappa shape index (κ2) is 5.39. The minimum atomic E-state index is 0.0147. The van der Waals surface area contributed by atoms with Crippen LogP contribution in [0.3, 0.4) is 0 Å². The summed E-state index contributed by atoms with van der Waals surface area (Å²) >= 11 is 7.07. The lowest BCUT2D eigenvalue weighted by atomic mass is 9.47. The first kappa shape index (κ1) is 16.0. The first-order chi connectivity index (χ1) is 12.0. The molecule has 0 N–H and O–H groups in total. The van der Waals surface area contributed by atoms with Crippen LogP contribution < -0.4 is 9.47 Å². The number of benzene rings is 1. The fourth-order valence-electron chi connectivity index (χ4n) is 6.60. The molecule has 4 aliphatic carbocycles. The molecule has 1 aromatic rings. The molecule has 0 aromatic heterocycles. The van der Waals surface area contributed by atoms with Crippen LogP contribution in [-0.2, 0) is 6.42 Å². The average Bonchev–Trinajstić information content (AvgIpc) is 2.57. The van der Waals surface area contributed by atoms with Gasteiger partial charge in [-0.3, -0.25) is 4.99 Å². The normalized spacial score (nSPS) is 38.3. The van der Waals surface area contributed by atoms with Crippen molar-refractivity contribution in [1.29, 1.82) is 0 Å². The minimum absolute atomic E-state index is 0.0147. The number of halogens is 1. The van der Waals surface area contributed by atoms with Gasteiger partial charge >= 0.3 is 0 Å². The van der Waals surface area contributed by atoms with Crippen molar-refractivity contribution in [3.8, 4) is 11.5 Å². The molecule has 0 amide bonds.